The fraction of sp³-hybridized carbons (Fsp3) is 0.350. The second-order valence-corrected chi connectivity index (χ2v) is 6.88. The van der Waals surface area contributed by atoms with Crippen molar-refractivity contribution in [1.29, 1.82) is 0 Å². The summed E-state index contributed by atoms with van der Waals surface area (Å²) in [6.45, 7) is 2.97. The van der Waals surface area contributed by atoms with Crippen molar-refractivity contribution in [2.75, 3.05) is 7.11 Å². The standard InChI is InChI=1S/C20H21FN4O2/c1-12-7-13(5-6-23-12)9-22-10-14-11-25(15-3-4-15)19-16(18(14)26)8-17(21)20(24-19)27-2/h5-8,11,15,22H,3-4,9-10H2,1-2H3. The maximum Gasteiger partial charge on any atom is 0.252 e. The summed E-state index contributed by atoms with van der Waals surface area (Å²) in [5.41, 5.74) is 2.94. The number of fused-ring (bicyclic) bond motifs is 1. The van der Waals surface area contributed by atoms with E-state index in [9.17, 15) is 9.18 Å². The fourth-order valence-electron chi connectivity index (χ4n) is 3.24. The van der Waals surface area contributed by atoms with Crippen LogP contribution in [0.15, 0.2) is 35.4 Å². The van der Waals surface area contributed by atoms with Gasteiger partial charge in [-0.3, -0.25) is 9.78 Å². The van der Waals surface area contributed by atoms with Gasteiger partial charge in [0.2, 0.25) is 0 Å². The van der Waals surface area contributed by atoms with Crippen molar-refractivity contribution < 1.29 is 9.13 Å². The molecule has 140 valence electrons. The van der Waals surface area contributed by atoms with Gasteiger partial charge in [0, 0.05) is 42.8 Å². The molecule has 0 bridgehead atoms. The van der Waals surface area contributed by atoms with Gasteiger partial charge in [0.1, 0.15) is 5.65 Å². The largest absolute Gasteiger partial charge is 0.479 e. The van der Waals surface area contributed by atoms with Crippen LogP contribution in [-0.4, -0.2) is 21.6 Å². The van der Waals surface area contributed by atoms with Gasteiger partial charge in [0.25, 0.3) is 5.88 Å². The first-order chi connectivity index (χ1) is 13.1. The van der Waals surface area contributed by atoms with E-state index >= 15 is 0 Å². The molecule has 1 aliphatic rings. The maximum atomic E-state index is 14.1. The van der Waals surface area contributed by atoms with Gasteiger partial charge in [-0.05, 0) is 43.5 Å². The van der Waals surface area contributed by atoms with Gasteiger partial charge in [-0.25, -0.2) is 4.39 Å². The first-order valence-electron chi connectivity index (χ1n) is 8.97. The summed E-state index contributed by atoms with van der Waals surface area (Å²) in [5, 5.41) is 3.59. The molecular weight excluding hydrogens is 347 g/mol. The number of aryl methyl sites for hydroxylation is 1. The number of hydrogen-bond acceptors (Lipinski definition) is 5. The van der Waals surface area contributed by atoms with Gasteiger partial charge in [-0.1, -0.05) is 0 Å². The van der Waals surface area contributed by atoms with E-state index in [2.05, 4.69) is 15.3 Å². The van der Waals surface area contributed by atoms with Crippen molar-refractivity contribution in [2.45, 2.75) is 38.9 Å². The Bertz CT molecular complexity index is 1060. The molecule has 1 fully saturated rings. The molecule has 0 unspecified atom stereocenters. The van der Waals surface area contributed by atoms with Crippen LogP contribution >= 0.6 is 0 Å². The Labute approximate surface area is 156 Å². The maximum absolute atomic E-state index is 14.1. The van der Waals surface area contributed by atoms with E-state index in [1.807, 2.05) is 29.8 Å². The molecule has 0 saturated heterocycles. The number of halogens is 1. The molecule has 1 saturated carbocycles. The predicted octanol–water partition coefficient (Wildman–Crippen LogP) is 2.87. The van der Waals surface area contributed by atoms with E-state index < -0.39 is 5.82 Å². The van der Waals surface area contributed by atoms with Gasteiger partial charge >= 0.3 is 0 Å². The minimum absolute atomic E-state index is 0.0877. The number of nitrogens with zero attached hydrogens (tertiary/aromatic N) is 3. The average molecular weight is 368 g/mol. The summed E-state index contributed by atoms with van der Waals surface area (Å²) in [6, 6.07) is 5.48. The Morgan fingerprint density at radius 1 is 1.33 bits per heavy atom. The Hall–Kier alpha value is -2.80. The zero-order chi connectivity index (χ0) is 19.0. The van der Waals surface area contributed by atoms with Crippen molar-refractivity contribution in [1.82, 2.24) is 19.9 Å². The highest BCUT2D eigenvalue weighted by Crippen LogP contribution is 2.37. The molecule has 0 aliphatic heterocycles. The third kappa shape index (κ3) is 3.55. The minimum Gasteiger partial charge on any atom is -0.479 e. The number of rotatable bonds is 6. The molecule has 1 aliphatic carbocycles. The Morgan fingerprint density at radius 2 is 2.15 bits per heavy atom. The van der Waals surface area contributed by atoms with Crippen LogP contribution in [0.1, 0.15) is 35.7 Å². The van der Waals surface area contributed by atoms with Crippen molar-refractivity contribution in [3.8, 4) is 5.88 Å². The summed E-state index contributed by atoms with van der Waals surface area (Å²) in [5.74, 6) is -0.711. The average Bonchev–Trinajstić information content (AvgIpc) is 3.48. The lowest BCUT2D eigenvalue weighted by Crippen LogP contribution is -2.22. The van der Waals surface area contributed by atoms with Gasteiger partial charge in [-0.2, -0.15) is 4.98 Å². The number of aromatic nitrogens is 3. The van der Waals surface area contributed by atoms with Gasteiger partial charge in [-0.15, -0.1) is 0 Å². The van der Waals surface area contributed by atoms with Crippen LogP contribution in [0.5, 0.6) is 5.88 Å². The molecule has 4 rings (SSSR count). The zero-order valence-electron chi connectivity index (χ0n) is 15.3. The highest BCUT2D eigenvalue weighted by Gasteiger charge is 2.27. The van der Waals surface area contributed by atoms with Crippen molar-refractivity contribution in [3.05, 3.63) is 63.5 Å². The quantitative estimate of drug-likeness (QED) is 0.725. The van der Waals surface area contributed by atoms with Crippen LogP contribution in [0.25, 0.3) is 11.0 Å². The summed E-state index contributed by atoms with van der Waals surface area (Å²) in [4.78, 5) is 21.3. The Morgan fingerprint density at radius 3 is 2.85 bits per heavy atom. The number of hydrogen-bond donors (Lipinski definition) is 1. The summed E-state index contributed by atoms with van der Waals surface area (Å²) in [7, 11) is 1.37. The summed E-state index contributed by atoms with van der Waals surface area (Å²) < 4.78 is 21.1. The van der Waals surface area contributed by atoms with Crippen LogP contribution < -0.4 is 15.5 Å². The number of pyridine rings is 3. The summed E-state index contributed by atoms with van der Waals surface area (Å²) in [6.07, 6.45) is 5.67. The third-order valence-corrected chi connectivity index (χ3v) is 4.74. The monoisotopic (exact) mass is 368 g/mol. The number of ether oxygens (including phenoxy) is 1. The van der Waals surface area contributed by atoms with Crippen LogP contribution in [0, 0.1) is 12.7 Å². The second kappa shape index (κ2) is 7.08. The molecule has 1 N–H and O–H groups in total. The lowest BCUT2D eigenvalue weighted by atomic mass is 10.1. The smallest absolute Gasteiger partial charge is 0.252 e. The predicted molar refractivity (Wildman–Crippen MR) is 100 cm³/mol. The molecule has 3 aromatic heterocycles. The lowest BCUT2D eigenvalue weighted by Gasteiger charge is -2.14. The Balaban J connectivity index is 1.66. The van der Waals surface area contributed by atoms with Gasteiger partial charge in [0.15, 0.2) is 11.2 Å². The fourth-order valence-corrected chi connectivity index (χ4v) is 3.24. The normalized spacial score (nSPS) is 13.9. The molecule has 0 atom stereocenters. The van der Waals surface area contributed by atoms with Crippen molar-refractivity contribution >= 4 is 11.0 Å². The molecule has 0 radical (unpaired) electrons. The van der Waals surface area contributed by atoms with Gasteiger partial charge < -0.3 is 14.6 Å². The topological polar surface area (TPSA) is 69.0 Å². The van der Waals surface area contributed by atoms with Crippen molar-refractivity contribution in [2.24, 2.45) is 0 Å². The van der Waals surface area contributed by atoms with Crippen LogP contribution in [0.2, 0.25) is 0 Å². The molecule has 0 spiro atoms. The van der Waals surface area contributed by atoms with Crippen LogP contribution in [-0.2, 0) is 13.1 Å². The first-order valence-corrected chi connectivity index (χ1v) is 8.97. The van der Waals surface area contributed by atoms with E-state index in [1.54, 1.807) is 6.20 Å². The van der Waals surface area contributed by atoms with E-state index in [-0.39, 0.29) is 11.3 Å². The van der Waals surface area contributed by atoms with E-state index in [0.29, 0.717) is 35.7 Å². The highest BCUT2D eigenvalue weighted by molar-refractivity contribution is 5.77. The number of methoxy groups -OCH3 is 1. The van der Waals surface area contributed by atoms with E-state index in [4.69, 9.17) is 4.74 Å². The molecule has 0 aromatic carbocycles. The molecule has 7 heteroatoms. The molecule has 3 heterocycles. The van der Waals surface area contributed by atoms with E-state index in [0.717, 1.165) is 24.1 Å². The van der Waals surface area contributed by atoms with Crippen LogP contribution in [0.4, 0.5) is 4.39 Å². The SMILES string of the molecule is COc1nc2c(cc1F)c(=O)c(CNCc1ccnc(C)c1)cn2C1CC1. The molecular formula is C20H21FN4O2. The van der Waals surface area contributed by atoms with E-state index in [1.165, 1.54) is 13.2 Å². The number of nitrogens with one attached hydrogen (secondary N) is 1. The zero-order valence-corrected chi connectivity index (χ0v) is 15.3. The second-order valence-electron chi connectivity index (χ2n) is 6.88. The lowest BCUT2D eigenvalue weighted by molar-refractivity contribution is 0.370. The highest BCUT2D eigenvalue weighted by atomic mass is 19.1. The summed E-state index contributed by atoms with van der Waals surface area (Å²) >= 11 is 0. The van der Waals surface area contributed by atoms with Crippen LogP contribution in [0.3, 0.4) is 0 Å². The molecule has 0 amide bonds. The molecule has 3 aromatic rings. The molecule has 6 nitrogen and oxygen atoms in total. The first kappa shape index (κ1) is 17.6. The third-order valence-electron chi connectivity index (χ3n) is 4.74. The van der Waals surface area contributed by atoms with Crippen molar-refractivity contribution in [3.63, 3.8) is 0 Å². The minimum atomic E-state index is -0.623. The van der Waals surface area contributed by atoms with Gasteiger partial charge in [0.05, 0.1) is 12.5 Å². The molecule has 27 heavy (non-hydrogen) atoms. The Kier molecular flexibility index (Phi) is 4.61.